The van der Waals surface area contributed by atoms with Crippen LogP contribution in [-0.4, -0.2) is 44.7 Å². The Morgan fingerprint density at radius 3 is 1.81 bits per heavy atom. The van der Waals surface area contributed by atoms with E-state index in [0.29, 0.717) is 0 Å². The Hall–Kier alpha value is -3.82. The minimum atomic E-state index is -1.41. The maximum absolute atomic E-state index is 12.4. The Bertz CT molecular complexity index is 1360. The number of ether oxygens (including phenoxy) is 2. The first-order valence-electron chi connectivity index (χ1n) is 12.1. The first-order chi connectivity index (χ1) is 17.9. The summed E-state index contributed by atoms with van der Waals surface area (Å²) in [6.45, 7) is 1.45. The van der Waals surface area contributed by atoms with E-state index in [9.17, 15) is 19.8 Å². The maximum atomic E-state index is 12.4. The molecule has 1 aliphatic heterocycles. The van der Waals surface area contributed by atoms with Gasteiger partial charge in [0.25, 0.3) is 5.56 Å². The van der Waals surface area contributed by atoms with Crippen LogP contribution >= 0.6 is 0 Å². The highest BCUT2D eigenvalue weighted by atomic mass is 16.6. The molecule has 3 N–H and O–H groups in total. The highest BCUT2D eigenvalue weighted by molar-refractivity contribution is 5.47. The number of aliphatic hydroxyl groups is 2. The van der Waals surface area contributed by atoms with Gasteiger partial charge in [0.1, 0.15) is 23.9 Å². The van der Waals surface area contributed by atoms with Crippen LogP contribution in [0.15, 0.2) is 107 Å². The lowest BCUT2D eigenvalue weighted by Gasteiger charge is -2.37. The SMILES string of the molecule is Cc1cn([C@@H]2O[C@H](COC(c3ccccc3)(c3ccccc3)c3ccccc3)[C@@H](O)[C@H]2O)c(=O)[nH]c1=O. The largest absolute Gasteiger partial charge is 0.387 e. The molecule has 37 heavy (non-hydrogen) atoms. The molecule has 0 bridgehead atoms. The van der Waals surface area contributed by atoms with Crippen LogP contribution < -0.4 is 11.2 Å². The Labute approximate surface area is 213 Å². The monoisotopic (exact) mass is 500 g/mol. The van der Waals surface area contributed by atoms with Gasteiger partial charge in [-0.05, 0) is 23.6 Å². The summed E-state index contributed by atoms with van der Waals surface area (Å²) in [6.07, 6.45) is -3.56. The number of aromatic nitrogens is 2. The third kappa shape index (κ3) is 4.56. The Kier molecular flexibility index (Phi) is 6.90. The maximum Gasteiger partial charge on any atom is 0.330 e. The van der Waals surface area contributed by atoms with E-state index >= 15 is 0 Å². The molecule has 2 heterocycles. The van der Waals surface area contributed by atoms with E-state index < -0.39 is 41.4 Å². The third-order valence-electron chi connectivity index (χ3n) is 6.76. The first kappa shape index (κ1) is 24.9. The number of benzene rings is 3. The average Bonchev–Trinajstić information content (AvgIpc) is 3.21. The second kappa shape index (κ2) is 10.3. The summed E-state index contributed by atoms with van der Waals surface area (Å²) in [5.74, 6) is 0. The molecule has 8 heteroatoms. The number of nitrogens with one attached hydrogen (secondary N) is 1. The van der Waals surface area contributed by atoms with E-state index in [1.54, 1.807) is 6.92 Å². The molecule has 1 aromatic heterocycles. The smallest absolute Gasteiger partial charge is 0.330 e. The fourth-order valence-electron chi connectivity index (χ4n) is 4.85. The molecular weight excluding hydrogens is 472 g/mol. The predicted octanol–water partition coefficient (Wildman–Crippen LogP) is 2.47. The number of hydrogen-bond donors (Lipinski definition) is 3. The van der Waals surface area contributed by atoms with Gasteiger partial charge in [-0.2, -0.15) is 0 Å². The van der Waals surface area contributed by atoms with Crippen LogP contribution in [-0.2, 0) is 15.1 Å². The van der Waals surface area contributed by atoms with Crippen LogP contribution in [0, 0.1) is 6.92 Å². The zero-order chi connectivity index (χ0) is 26.0. The molecule has 1 fully saturated rings. The van der Waals surface area contributed by atoms with Gasteiger partial charge in [-0.25, -0.2) is 4.79 Å². The van der Waals surface area contributed by atoms with Crippen LogP contribution in [0.1, 0.15) is 28.5 Å². The van der Waals surface area contributed by atoms with Crippen molar-refractivity contribution in [2.45, 2.75) is 37.1 Å². The van der Waals surface area contributed by atoms with Crippen molar-refractivity contribution in [3.63, 3.8) is 0 Å². The van der Waals surface area contributed by atoms with Gasteiger partial charge in [0.05, 0.1) is 6.61 Å². The molecule has 1 aliphatic rings. The summed E-state index contributed by atoms with van der Waals surface area (Å²) in [4.78, 5) is 26.4. The summed E-state index contributed by atoms with van der Waals surface area (Å²) in [6, 6.07) is 29.3. The standard InChI is InChI=1S/C29H28N2O6/c1-19-17-31(28(35)30-26(19)34)27-25(33)24(32)23(37-27)18-36-29(20-11-5-2-6-12-20,21-13-7-3-8-14-21)22-15-9-4-10-16-22/h2-17,23-25,27,32-33H,18H2,1H3,(H,30,34,35)/t23-,24-,25-,27-/m1/s1. The number of rotatable bonds is 7. The van der Waals surface area contributed by atoms with Crippen molar-refractivity contribution >= 4 is 0 Å². The minimum absolute atomic E-state index is 0.0928. The Morgan fingerprint density at radius 1 is 0.838 bits per heavy atom. The zero-order valence-corrected chi connectivity index (χ0v) is 20.2. The van der Waals surface area contributed by atoms with Crippen molar-refractivity contribution in [1.29, 1.82) is 0 Å². The summed E-state index contributed by atoms with van der Waals surface area (Å²) < 4.78 is 13.8. The van der Waals surface area contributed by atoms with Gasteiger partial charge in [-0.3, -0.25) is 14.3 Å². The quantitative estimate of drug-likeness (QED) is 0.336. The lowest BCUT2D eigenvalue weighted by atomic mass is 9.80. The minimum Gasteiger partial charge on any atom is -0.387 e. The third-order valence-corrected chi connectivity index (χ3v) is 6.76. The predicted molar refractivity (Wildman–Crippen MR) is 137 cm³/mol. The number of H-pyrrole nitrogens is 1. The van der Waals surface area contributed by atoms with Crippen molar-refractivity contribution in [1.82, 2.24) is 9.55 Å². The molecule has 190 valence electrons. The molecule has 0 aliphatic carbocycles. The van der Waals surface area contributed by atoms with Crippen molar-refractivity contribution in [3.8, 4) is 0 Å². The topological polar surface area (TPSA) is 114 Å². The fourth-order valence-corrected chi connectivity index (χ4v) is 4.85. The van der Waals surface area contributed by atoms with Gasteiger partial charge >= 0.3 is 5.69 Å². The van der Waals surface area contributed by atoms with Gasteiger partial charge in [-0.15, -0.1) is 0 Å². The number of aliphatic hydroxyl groups excluding tert-OH is 2. The summed E-state index contributed by atoms with van der Waals surface area (Å²) in [7, 11) is 0. The van der Waals surface area contributed by atoms with E-state index in [2.05, 4.69) is 4.98 Å². The number of nitrogens with zero attached hydrogens (tertiary/aromatic N) is 1. The molecule has 4 aromatic rings. The first-order valence-corrected chi connectivity index (χ1v) is 12.1. The highest BCUT2D eigenvalue weighted by Gasteiger charge is 2.46. The lowest BCUT2D eigenvalue weighted by molar-refractivity contribution is -0.0959. The summed E-state index contributed by atoms with van der Waals surface area (Å²) in [5, 5.41) is 21.6. The van der Waals surface area contributed by atoms with Gasteiger partial charge in [0.2, 0.25) is 0 Å². The second-order valence-corrected chi connectivity index (χ2v) is 9.12. The van der Waals surface area contributed by atoms with Gasteiger partial charge in [0, 0.05) is 11.8 Å². The van der Waals surface area contributed by atoms with Crippen LogP contribution in [0.5, 0.6) is 0 Å². The van der Waals surface area contributed by atoms with Gasteiger partial charge in [-0.1, -0.05) is 91.0 Å². The molecule has 0 spiro atoms. The van der Waals surface area contributed by atoms with Gasteiger partial charge < -0.3 is 19.7 Å². The molecule has 3 aromatic carbocycles. The van der Waals surface area contributed by atoms with Crippen molar-refractivity contribution in [2.75, 3.05) is 6.61 Å². The second-order valence-electron chi connectivity index (χ2n) is 9.12. The molecule has 0 amide bonds. The van der Waals surface area contributed by atoms with Crippen LogP contribution in [0.4, 0.5) is 0 Å². The highest BCUT2D eigenvalue weighted by Crippen LogP contribution is 2.41. The molecule has 1 saturated heterocycles. The van der Waals surface area contributed by atoms with Crippen LogP contribution in [0.3, 0.4) is 0 Å². The van der Waals surface area contributed by atoms with E-state index in [0.717, 1.165) is 21.3 Å². The molecule has 8 nitrogen and oxygen atoms in total. The summed E-state index contributed by atoms with van der Waals surface area (Å²) in [5.41, 5.74) is 0.619. The molecular formula is C29H28N2O6. The van der Waals surface area contributed by atoms with Crippen LogP contribution in [0.25, 0.3) is 0 Å². The Morgan fingerprint density at radius 2 is 1.32 bits per heavy atom. The van der Waals surface area contributed by atoms with E-state index in [-0.39, 0.29) is 12.2 Å². The summed E-state index contributed by atoms with van der Waals surface area (Å²) >= 11 is 0. The zero-order valence-electron chi connectivity index (χ0n) is 20.2. The molecule has 0 saturated carbocycles. The number of aromatic amines is 1. The average molecular weight is 501 g/mol. The molecule has 4 atom stereocenters. The molecule has 0 unspecified atom stereocenters. The Balaban J connectivity index is 1.53. The lowest BCUT2D eigenvalue weighted by Crippen LogP contribution is -2.40. The fraction of sp³-hybridized carbons (Fsp3) is 0.241. The van der Waals surface area contributed by atoms with Crippen LogP contribution in [0.2, 0.25) is 0 Å². The van der Waals surface area contributed by atoms with Crippen molar-refractivity contribution in [3.05, 3.63) is 140 Å². The van der Waals surface area contributed by atoms with E-state index in [4.69, 9.17) is 9.47 Å². The normalized spacial score (nSPS) is 21.7. The number of aryl methyl sites for hydroxylation is 1. The van der Waals surface area contributed by atoms with Gasteiger partial charge in [0.15, 0.2) is 6.23 Å². The van der Waals surface area contributed by atoms with E-state index in [1.165, 1.54) is 6.20 Å². The van der Waals surface area contributed by atoms with Crippen molar-refractivity contribution < 1.29 is 19.7 Å². The molecule has 0 radical (unpaired) electrons. The molecule has 5 rings (SSSR count). The van der Waals surface area contributed by atoms with Crippen molar-refractivity contribution in [2.24, 2.45) is 0 Å². The number of hydrogen-bond acceptors (Lipinski definition) is 6. The van der Waals surface area contributed by atoms with E-state index in [1.807, 2.05) is 91.0 Å².